The third kappa shape index (κ3) is 9.22. The molecule has 0 bridgehead atoms. The smallest absolute Gasteiger partial charge is 0.343 e. The van der Waals surface area contributed by atoms with Crippen molar-refractivity contribution in [2.24, 2.45) is 0 Å². The van der Waals surface area contributed by atoms with Crippen LogP contribution in [0.5, 0.6) is 11.5 Å². The number of methoxy groups -OCH3 is 1. The predicted molar refractivity (Wildman–Crippen MR) is 122 cm³/mol. The highest BCUT2D eigenvalue weighted by molar-refractivity contribution is 7.64. The molecule has 0 radical (unpaired) electrons. The van der Waals surface area contributed by atoms with Crippen LogP contribution >= 0.6 is 33.2 Å². The highest BCUT2D eigenvalue weighted by atomic mass is 35.8. The molecule has 0 aliphatic rings. The fourth-order valence-corrected chi connectivity index (χ4v) is 4.20. The summed E-state index contributed by atoms with van der Waals surface area (Å²) >= 11 is 17.5. The minimum absolute atomic E-state index is 0.396. The molecule has 0 aliphatic heterocycles. The Morgan fingerprint density at radius 3 is 2.17 bits per heavy atom. The van der Waals surface area contributed by atoms with Crippen molar-refractivity contribution in [3.63, 3.8) is 0 Å². The number of halogens is 3. The van der Waals surface area contributed by atoms with E-state index >= 15 is 0 Å². The van der Waals surface area contributed by atoms with Gasteiger partial charge in [-0.25, -0.2) is 9.59 Å². The van der Waals surface area contributed by atoms with Crippen LogP contribution in [-0.2, 0) is 9.53 Å². The molecule has 2 aromatic carbocycles. The lowest BCUT2D eigenvalue weighted by molar-refractivity contribution is -0.134. The summed E-state index contributed by atoms with van der Waals surface area (Å²) in [6.07, 6.45) is 4.50. The van der Waals surface area contributed by atoms with Crippen molar-refractivity contribution in [3.8, 4) is 11.5 Å². The quantitative estimate of drug-likeness (QED) is 0.104. The largest absolute Gasteiger partial charge is 0.494 e. The summed E-state index contributed by atoms with van der Waals surface area (Å²) in [6.45, 7) is 0.510. The lowest BCUT2D eigenvalue weighted by Gasteiger charge is -2.09. The molecule has 0 amide bonds. The summed E-state index contributed by atoms with van der Waals surface area (Å²) in [5, 5.41) is 0. The minimum atomic E-state index is -2.56. The molecule has 2 aromatic rings. The molecule has 0 heterocycles. The van der Waals surface area contributed by atoms with Crippen molar-refractivity contribution in [2.45, 2.75) is 18.9 Å². The molecule has 0 saturated heterocycles. The van der Waals surface area contributed by atoms with Gasteiger partial charge in [0.1, 0.15) is 11.5 Å². The molecule has 0 saturated carbocycles. The molecular weight excluding hydrogens is 467 g/mol. The van der Waals surface area contributed by atoms with Crippen LogP contribution in [0, 0.1) is 0 Å². The van der Waals surface area contributed by atoms with E-state index in [1.807, 2.05) is 0 Å². The van der Waals surface area contributed by atoms with Crippen LogP contribution in [0.4, 0.5) is 0 Å². The summed E-state index contributed by atoms with van der Waals surface area (Å²) in [5.41, 5.74) is 1.18. The first kappa shape index (κ1) is 24.3. The van der Waals surface area contributed by atoms with Gasteiger partial charge in [0.25, 0.3) is 0 Å². The summed E-state index contributed by atoms with van der Waals surface area (Å²) < 4.78 is 15.5. The zero-order valence-electron chi connectivity index (χ0n) is 16.3. The van der Waals surface area contributed by atoms with Crippen molar-refractivity contribution in [2.75, 3.05) is 13.7 Å². The monoisotopic (exact) mass is 486 g/mol. The van der Waals surface area contributed by atoms with Crippen LogP contribution < -0.4 is 9.47 Å². The number of carbonyl (C=O) groups is 2. The van der Waals surface area contributed by atoms with E-state index in [-0.39, 0.29) is 0 Å². The second-order valence-electron chi connectivity index (χ2n) is 6.26. The lowest BCUT2D eigenvalue weighted by Crippen LogP contribution is -2.09. The standard InChI is InChI=1S/C21H21Cl3O5Si/c1-27-20(25)13-6-16-4-9-19(10-5-16)29-21(26)17-7-11-18(12-8-17)28-14-2-3-15-30(22,23)24/h4-13H,2-3,14-15H2,1H3. The zero-order chi connectivity index (χ0) is 22.0. The number of ether oxygens (including phenoxy) is 3. The first-order valence-electron chi connectivity index (χ1n) is 9.15. The molecule has 0 aromatic heterocycles. The summed E-state index contributed by atoms with van der Waals surface area (Å²) in [6, 6.07) is 11.5. The summed E-state index contributed by atoms with van der Waals surface area (Å²) in [7, 11) is 1.31. The van der Waals surface area contributed by atoms with Crippen LogP contribution in [-0.4, -0.2) is 31.7 Å². The van der Waals surface area contributed by atoms with Gasteiger partial charge in [0.15, 0.2) is 0 Å². The number of hydrogen-bond donors (Lipinski definition) is 0. The van der Waals surface area contributed by atoms with E-state index in [4.69, 9.17) is 42.7 Å². The molecule has 2 rings (SSSR count). The van der Waals surface area contributed by atoms with Crippen LogP contribution in [0.1, 0.15) is 28.8 Å². The second kappa shape index (κ2) is 12.0. The molecule has 0 spiro atoms. The second-order valence-corrected chi connectivity index (χ2v) is 15.5. The van der Waals surface area contributed by atoms with E-state index in [2.05, 4.69) is 4.74 Å². The topological polar surface area (TPSA) is 61.8 Å². The molecule has 0 unspecified atom stereocenters. The Hall–Kier alpha value is -1.99. The number of esters is 2. The minimum Gasteiger partial charge on any atom is -0.494 e. The third-order valence-corrected chi connectivity index (χ3v) is 6.54. The Morgan fingerprint density at radius 2 is 1.57 bits per heavy atom. The molecule has 0 N–H and O–H groups in total. The third-order valence-electron chi connectivity index (χ3n) is 3.92. The highest BCUT2D eigenvalue weighted by Gasteiger charge is 2.23. The van der Waals surface area contributed by atoms with Crippen LogP contribution in [0.15, 0.2) is 54.6 Å². The Morgan fingerprint density at radius 1 is 0.933 bits per heavy atom. The summed E-state index contributed by atoms with van der Waals surface area (Å²) in [4.78, 5) is 23.4. The predicted octanol–water partition coefficient (Wildman–Crippen LogP) is 5.91. The Kier molecular flexibility index (Phi) is 9.72. The maximum Gasteiger partial charge on any atom is 0.343 e. The molecule has 5 nitrogen and oxygen atoms in total. The summed E-state index contributed by atoms with van der Waals surface area (Å²) in [5.74, 6) is 0.127. The van der Waals surface area contributed by atoms with Gasteiger partial charge in [-0.15, -0.1) is 33.2 Å². The number of hydrogen-bond acceptors (Lipinski definition) is 5. The van der Waals surface area contributed by atoms with Crippen molar-refractivity contribution in [1.29, 1.82) is 0 Å². The van der Waals surface area contributed by atoms with Gasteiger partial charge in [0.2, 0.25) is 0 Å². The average Bonchev–Trinajstić information content (AvgIpc) is 2.72. The van der Waals surface area contributed by atoms with Gasteiger partial charge < -0.3 is 14.2 Å². The van der Waals surface area contributed by atoms with Gasteiger partial charge in [-0.3, -0.25) is 0 Å². The van der Waals surface area contributed by atoms with Gasteiger partial charge in [-0.1, -0.05) is 12.1 Å². The van der Waals surface area contributed by atoms with Crippen LogP contribution in [0.3, 0.4) is 0 Å². The van der Waals surface area contributed by atoms with Gasteiger partial charge in [0, 0.05) is 6.08 Å². The molecule has 0 atom stereocenters. The molecule has 0 aliphatic carbocycles. The van der Waals surface area contributed by atoms with Crippen molar-refractivity contribution in [3.05, 3.63) is 65.7 Å². The fraction of sp³-hybridized carbons (Fsp3) is 0.238. The highest BCUT2D eigenvalue weighted by Crippen LogP contribution is 2.27. The molecule has 160 valence electrons. The molecule has 9 heteroatoms. The molecular formula is C21H21Cl3O5Si. The SMILES string of the molecule is COC(=O)C=Cc1ccc(OC(=O)c2ccc(OCCCC[Si](Cl)(Cl)Cl)cc2)cc1. The van der Waals surface area contributed by atoms with Gasteiger partial charge in [-0.2, -0.15) is 0 Å². The Bertz CT molecular complexity index is 862. The first-order valence-corrected chi connectivity index (χ1v) is 14.4. The number of rotatable bonds is 10. The number of carbonyl (C=O) groups excluding carboxylic acids is 2. The van der Waals surface area contributed by atoms with E-state index in [0.717, 1.165) is 18.4 Å². The van der Waals surface area contributed by atoms with Crippen molar-refractivity contribution in [1.82, 2.24) is 0 Å². The lowest BCUT2D eigenvalue weighted by atomic mass is 10.2. The van der Waals surface area contributed by atoms with Gasteiger partial charge in [0.05, 0.1) is 19.3 Å². The van der Waals surface area contributed by atoms with Crippen molar-refractivity contribution < 1.29 is 23.8 Å². The normalized spacial score (nSPS) is 11.3. The van der Waals surface area contributed by atoms with Crippen LogP contribution in [0.25, 0.3) is 6.08 Å². The number of unbranched alkanes of at least 4 members (excludes halogenated alkanes) is 1. The van der Waals surface area contributed by atoms with Crippen LogP contribution in [0.2, 0.25) is 6.04 Å². The Balaban J connectivity index is 1.81. The van der Waals surface area contributed by atoms with Gasteiger partial charge in [-0.05, 0) is 66.9 Å². The Labute approximate surface area is 190 Å². The van der Waals surface area contributed by atoms with Gasteiger partial charge >= 0.3 is 17.9 Å². The van der Waals surface area contributed by atoms with E-state index in [9.17, 15) is 9.59 Å². The fourth-order valence-electron chi connectivity index (χ4n) is 2.35. The van der Waals surface area contributed by atoms with E-state index < -0.39 is 17.9 Å². The zero-order valence-corrected chi connectivity index (χ0v) is 19.5. The maximum atomic E-state index is 12.3. The molecule has 0 fully saturated rings. The number of benzene rings is 2. The average molecular weight is 488 g/mol. The first-order chi connectivity index (χ1) is 14.3. The molecule has 30 heavy (non-hydrogen) atoms. The van der Waals surface area contributed by atoms with E-state index in [0.29, 0.717) is 29.7 Å². The van der Waals surface area contributed by atoms with E-state index in [1.165, 1.54) is 13.2 Å². The van der Waals surface area contributed by atoms with Crippen molar-refractivity contribution >= 4 is 57.3 Å². The maximum absolute atomic E-state index is 12.3. The van der Waals surface area contributed by atoms with E-state index in [1.54, 1.807) is 54.6 Å².